The van der Waals surface area contributed by atoms with Crippen LogP contribution in [0.3, 0.4) is 0 Å². The molecule has 1 heterocycles. The number of aliphatic hydroxyl groups excluding tert-OH is 1. The Labute approximate surface area is 116 Å². The fourth-order valence-electron chi connectivity index (χ4n) is 3.16. The molecule has 0 bridgehead atoms. The number of hydrogen-bond acceptors (Lipinski definition) is 3. The maximum Gasteiger partial charge on any atom is 0.0717 e. The summed E-state index contributed by atoms with van der Waals surface area (Å²) < 4.78 is 0. The number of aromatic nitrogens is 1. The van der Waals surface area contributed by atoms with Gasteiger partial charge >= 0.3 is 0 Å². The van der Waals surface area contributed by atoms with Gasteiger partial charge in [-0.05, 0) is 44.6 Å². The molecule has 19 heavy (non-hydrogen) atoms. The minimum absolute atomic E-state index is 0.0667. The zero-order valence-electron chi connectivity index (χ0n) is 12.4. The highest BCUT2D eigenvalue weighted by Gasteiger charge is 2.24. The molecule has 1 aromatic heterocycles. The first-order chi connectivity index (χ1) is 9.15. The Bertz CT molecular complexity index is 411. The second-order valence-corrected chi connectivity index (χ2v) is 5.81. The van der Waals surface area contributed by atoms with E-state index in [0.717, 1.165) is 22.9 Å². The third-order valence-electron chi connectivity index (χ3n) is 4.59. The van der Waals surface area contributed by atoms with Crippen LogP contribution in [-0.4, -0.2) is 23.2 Å². The minimum atomic E-state index is 0.0667. The maximum absolute atomic E-state index is 9.47. The lowest BCUT2D eigenvalue weighted by Gasteiger charge is -2.36. The Kier molecular flexibility index (Phi) is 4.81. The Hall–Kier alpha value is -1.09. The number of pyridine rings is 1. The van der Waals surface area contributed by atoms with Gasteiger partial charge < -0.3 is 10.0 Å². The third-order valence-corrected chi connectivity index (χ3v) is 4.59. The molecule has 1 aromatic rings. The molecule has 1 fully saturated rings. The van der Waals surface area contributed by atoms with Crippen LogP contribution in [0.2, 0.25) is 0 Å². The van der Waals surface area contributed by atoms with Gasteiger partial charge in [0, 0.05) is 36.2 Å². The molecular weight excluding hydrogens is 236 g/mol. The van der Waals surface area contributed by atoms with Crippen LogP contribution in [-0.2, 0) is 6.61 Å². The topological polar surface area (TPSA) is 36.4 Å². The van der Waals surface area contributed by atoms with Gasteiger partial charge in [0.05, 0.1) is 6.61 Å². The Morgan fingerprint density at radius 3 is 2.58 bits per heavy atom. The van der Waals surface area contributed by atoms with E-state index in [-0.39, 0.29) is 6.61 Å². The van der Waals surface area contributed by atoms with Crippen LogP contribution in [0.1, 0.15) is 50.3 Å². The molecule has 3 heteroatoms. The SMILES string of the molecule is CCC1CCC(N(C)c2cc(C)ncc2CO)CC1. The Morgan fingerprint density at radius 1 is 1.32 bits per heavy atom. The molecule has 0 atom stereocenters. The molecule has 0 unspecified atom stereocenters. The molecule has 0 radical (unpaired) electrons. The standard InChI is InChI=1S/C16H26N2O/c1-4-13-5-7-15(8-6-13)18(3)16-9-12(2)17-10-14(16)11-19/h9-10,13,15,19H,4-8,11H2,1-3H3. The summed E-state index contributed by atoms with van der Waals surface area (Å²) in [6.45, 7) is 4.37. The average molecular weight is 262 g/mol. The summed E-state index contributed by atoms with van der Waals surface area (Å²) in [4.78, 5) is 6.63. The Balaban J connectivity index is 2.11. The predicted octanol–water partition coefficient (Wildman–Crippen LogP) is 3.29. The van der Waals surface area contributed by atoms with Crippen LogP contribution >= 0.6 is 0 Å². The van der Waals surface area contributed by atoms with E-state index in [0.29, 0.717) is 6.04 Å². The van der Waals surface area contributed by atoms with Gasteiger partial charge in [-0.15, -0.1) is 0 Å². The van der Waals surface area contributed by atoms with Crippen molar-refractivity contribution in [3.63, 3.8) is 0 Å². The van der Waals surface area contributed by atoms with E-state index in [2.05, 4.69) is 29.9 Å². The van der Waals surface area contributed by atoms with Crippen LogP contribution in [0.25, 0.3) is 0 Å². The number of anilines is 1. The average Bonchev–Trinajstić information content (AvgIpc) is 2.46. The van der Waals surface area contributed by atoms with Crippen LogP contribution in [0.5, 0.6) is 0 Å². The van der Waals surface area contributed by atoms with Crippen molar-refractivity contribution in [3.8, 4) is 0 Å². The molecule has 0 saturated heterocycles. The highest BCUT2D eigenvalue weighted by Crippen LogP contribution is 2.32. The van der Waals surface area contributed by atoms with Crippen molar-refractivity contribution >= 4 is 5.69 Å². The van der Waals surface area contributed by atoms with Crippen molar-refractivity contribution in [2.45, 2.75) is 58.6 Å². The molecule has 1 N–H and O–H groups in total. The van der Waals surface area contributed by atoms with E-state index in [1.54, 1.807) is 6.20 Å². The summed E-state index contributed by atoms with van der Waals surface area (Å²) in [5.41, 5.74) is 3.10. The number of aliphatic hydroxyl groups is 1. The van der Waals surface area contributed by atoms with Crippen molar-refractivity contribution in [2.75, 3.05) is 11.9 Å². The molecule has 2 rings (SSSR count). The highest BCUT2D eigenvalue weighted by atomic mass is 16.3. The summed E-state index contributed by atoms with van der Waals surface area (Å²) >= 11 is 0. The van der Waals surface area contributed by atoms with Gasteiger partial charge in [0.15, 0.2) is 0 Å². The summed E-state index contributed by atoms with van der Waals surface area (Å²) in [5.74, 6) is 0.918. The summed E-state index contributed by atoms with van der Waals surface area (Å²) in [6, 6.07) is 2.70. The predicted molar refractivity (Wildman–Crippen MR) is 79.3 cm³/mol. The fourth-order valence-corrected chi connectivity index (χ4v) is 3.16. The maximum atomic E-state index is 9.47. The first kappa shape index (κ1) is 14.3. The summed E-state index contributed by atoms with van der Waals surface area (Å²) in [6.07, 6.45) is 8.32. The van der Waals surface area contributed by atoms with Gasteiger partial charge in [-0.25, -0.2) is 0 Å². The van der Waals surface area contributed by atoms with Gasteiger partial charge in [0.1, 0.15) is 0 Å². The molecular formula is C16H26N2O. The zero-order valence-corrected chi connectivity index (χ0v) is 12.4. The van der Waals surface area contributed by atoms with E-state index in [9.17, 15) is 5.11 Å². The monoisotopic (exact) mass is 262 g/mol. The number of aryl methyl sites for hydroxylation is 1. The second-order valence-electron chi connectivity index (χ2n) is 5.81. The molecule has 106 valence electrons. The normalized spacial score (nSPS) is 23.4. The van der Waals surface area contributed by atoms with Crippen molar-refractivity contribution in [1.29, 1.82) is 0 Å². The van der Waals surface area contributed by atoms with E-state index < -0.39 is 0 Å². The van der Waals surface area contributed by atoms with E-state index >= 15 is 0 Å². The number of hydrogen-bond donors (Lipinski definition) is 1. The van der Waals surface area contributed by atoms with Crippen molar-refractivity contribution in [3.05, 3.63) is 23.5 Å². The fraction of sp³-hybridized carbons (Fsp3) is 0.688. The molecule has 0 aliphatic heterocycles. The first-order valence-corrected chi connectivity index (χ1v) is 7.44. The van der Waals surface area contributed by atoms with E-state index in [4.69, 9.17) is 0 Å². The van der Waals surface area contributed by atoms with Gasteiger partial charge in [-0.3, -0.25) is 4.98 Å². The first-order valence-electron chi connectivity index (χ1n) is 7.44. The summed E-state index contributed by atoms with van der Waals surface area (Å²) in [7, 11) is 2.16. The third kappa shape index (κ3) is 3.27. The number of rotatable bonds is 4. The van der Waals surface area contributed by atoms with Crippen molar-refractivity contribution < 1.29 is 5.11 Å². The van der Waals surface area contributed by atoms with Gasteiger partial charge in [0.25, 0.3) is 0 Å². The van der Waals surface area contributed by atoms with Crippen molar-refractivity contribution in [2.24, 2.45) is 5.92 Å². The zero-order chi connectivity index (χ0) is 13.8. The molecule has 0 spiro atoms. The smallest absolute Gasteiger partial charge is 0.0717 e. The van der Waals surface area contributed by atoms with E-state index in [1.807, 2.05) is 6.92 Å². The molecule has 1 aliphatic rings. The lowest BCUT2D eigenvalue weighted by Crippen LogP contribution is -2.35. The minimum Gasteiger partial charge on any atom is -0.392 e. The molecule has 1 aliphatic carbocycles. The highest BCUT2D eigenvalue weighted by molar-refractivity contribution is 5.53. The molecule has 1 saturated carbocycles. The number of nitrogens with zero attached hydrogens (tertiary/aromatic N) is 2. The van der Waals surface area contributed by atoms with Gasteiger partial charge in [-0.1, -0.05) is 13.3 Å². The van der Waals surface area contributed by atoms with Crippen LogP contribution in [0.4, 0.5) is 5.69 Å². The second kappa shape index (κ2) is 6.38. The largest absolute Gasteiger partial charge is 0.392 e. The lowest BCUT2D eigenvalue weighted by molar-refractivity contribution is 0.280. The lowest BCUT2D eigenvalue weighted by atomic mass is 9.84. The van der Waals surface area contributed by atoms with Crippen LogP contribution in [0, 0.1) is 12.8 Å². The molecule has 3 nitrogen and oxygen atoms in total. The van der Waals surface area contributed by atoms with Gasteiger partial charge in [0.2, 0.25) is 0 Å². The van der Waals surface area contributed by atoms with Crippen molar-refractivity contribution in [1.82, 2.24) is 4.98 Å². The van der Waals surface area contributed by atoms with Gasteiger partial charge in [-0.2, -0.15) is 0 Å². The Morgan fingerprint density at radius 2 is 2.00 bits per heavy atom. The quantitative estimate of drug-likeness (QED) is 0.904. The van der Waals surface area contributed by atoms with Crippen LogP contribution < -0.4 is 4.90 Å². The van der Waals surface area contributed by atoms with E-state index in [1.165, 1.54) is 32.1 Å². The summed E-state index contributed by atoms with van der Waals surface area (Å²) in [5, 5.41) is 9.47. The molecule has 0 amide bonds. The van der Waals surface area contributed by atoms with Crippen LogP contribution in [0.15, 0.2) is 12.3 Å². The molecule has 0 aromatic carbocycles.